The first-order valence-electron chi connectivity index (χ1n) is 27.3. The smallest absolute Gasteiger partial charge is 0.310 e. The molecule has 91 heavy (non-hydrogen) atoms. The van der Waals surface area contributed by atoms with Gasteiger partial charge in [0.25, 0.3) is 5.91 Å². The molecule has 0 radical (unpaired) electrons. The fourth-order valence-electron chi connectivity index (χ4n) is 9.05. The Morgan fingerprint density at radius 2 is 1.02 bits per heavy atom. The first kappa shape index (κ1) is 59.1. The molecule has 0 aliphatic heterocycles. The van der Waals surface area contributed by atoms with Crippen LogP contribution in [0.3, 0.4) is 0 Å². The standard InChI is InChI=1S/C22H16F2N8O2.C21H17F2N7O2.C17H11F2N5O/c1-26-22(6-7-22)21(33)28-16-10-27-20(29-19(16)25)15-9-17(14-5-8-34-31-14)32(30-15)11-12-3-2-4-13(23)18(12)24;22-13-4-2-1-3-12(13)11-30-17(14-5-8-32-29-14)9-15(28-30)19-25-10-16(18(24)27-19)26-20(31)21(23)6-7-21;18-12-5-2-1-4-11(12)10-24-16(13-6-9-25-23-13)14(19)15(22-24)17-20-7-3-8-21-17/h2-5,8-10H,6-7,11H2,(H,28,33)(H2,25,27,29);1-5,8-10H,6-7,11H2,(H,26,31)(H2,24,25,27);1-9H,10H2. The summed E-state index contributed by atoms with van der Waals surface area (Å²) in [5.74, 6) is -4.13. The van der Waals surface area contributed by atoms with Gasteiger partial charge < -0.3 is 35.7 Å². The normalized spacial score (nSPS) is 13.2. The Morgan fingerprint density at radius 1 is 0.538 bits per heavy atom. The zero-order chi connectivity index (χ0) is 63.4. The highest BCUT2D eigenvalue weighted by molar-refractivity contribution is 6.03. The van der Waals surface area contributed by atoms with E-state index >= 15 is 4.39 Å². The van der Waals surface area contributed by atoms with Gasteiger partial charge in [-0.3, -0.25) is 28.5 Å². The summed E-state index contributed by atoms with van der Waals surface area (Å²) in [4.78, 5) is 52.5. The second kappa shape index (κ2) is 24.9. The summed E-state index contributed by atoms with van der Waals surface area (Å²) in [7, 11) is 0. The highest BCUT2D eigenvalue weighted by Gasteiger charge is 2.58. The summed E-state index contributed by atoms with van der Waals surface area (Å²) >= 11 is 0. The van der Waals surface area contributed by atoms with Gasteiger partial charge in [0.2, 0.25) is 0 Å². The lowest BCUT2D eigenvalue weighted by Gasteiger charge is -2.09. The lowest BCUT2D eigenvalue weighted by molar-refractivity contribution is -0.122. The first-order valence-corrected chi connectivity index (χ1v) is 27.3. The summed E-state index contributed by atoms with van der Waals surface area (Å²) in [6.45, 7) is 7.26. The van der Waals surface area contributed by atoms with Crippen LogP contribution in [0.4, 0.5) is 49.4 Å². The summed E-state index contributed by atoms with van der Waals surface area (Å²) in [5.41, 5.74) is 13.2. The molecular weight excluding hydrogens is 1190 g/mol. The van der Waals surface area contributed by atoms with E-state index in [1.807, 2.05) is 0 Å². The molecule has 2 fully saturated rings. The largest absolute Gasteiger partial charge is 0.382 e. The van der Waals surface area contributed by atoms with E-state index in [-0.39, 0.29) is 101 Å². The first-order chi connectivity index (χ1) is 44.1. The van der Waals surface area contributed by atoms with Gasteiger partial charge in [-0.25, -0.2) is 62.8 Å². The van der Waals surface area contributed by atoms with Crippen LogP contribution in [0.1, 0.15) is 42.4 Å². The van der Waals surface area contributed by atoms with E-state index in [1.54, 1.807) is 71.4 Å². The number of hydrogen-bond acceptors (Lipinski definition) is 19. The van der Waals surface area contributed by atoms with Crippen molar-refractivity contribution < 1.29 is 49.5 Å². The third-order valence-electron chi connectivity index (χ3n) is 14.3. The number of anilines is 4. The molecule has 12 aromatic rings. The lowest BCUT2D eigenvalue weighted by Crippen LogP contribution is -2.27. The number of nitrogens with two attached hydrogens (primary N) is 2. The zero-order valence-electron chi connectivity index (χ0n) is 46.9. The molecule has 0 unspecified atom stereocenters. The number of carbonyl (C=O) groups is 2. The molecule has 25 nitrogen and oxygen atoms in total. The molecule has 2 saturated carbocycles. The fraction of sp³-hybridized carbons (Fsp3) is 0.150. The summed E-state index contributed by atoms with van der Waals surface area (Å²) in [5, 5.41) is 29.8. The van der Waals surface area contributed by atoms with E-state index in [4.69, 9.17) is 31.6 Å². The van der Waals surface area contributed by atoms with Gasteiger partial charge in [-0.1, -0.05) is 64.0 Å². The van der Waals surface area contributed by atoms with Crippen LogP contribution in [0.25, 0.3) is 73.6 Å². The Balaban J connectivity index is 0.000000133. The maximum absolute atomic E-state index is 15.0. The summed E-state index contributed by atoms with van der Waals surface area (Å²) in [6.07, 6.45) is 11.1. The average Bonchev–Trinajstić information content (AvgIpc) is 1.76. The van der Waals surface area contributed by atoms with Crippen LogP contribution >= 0.6 is 0 Å². The molecule has 31 heteroatoms. The molecule has 9 aromatic heterocycles. The number of amides is 2. The molecule has 456 valence electrons. The van der Waals surface area contributed by atoms with Crippen molar-refractivity contribution in [1.82, 2.24) is 74.7 Å². The van der Waals surface area contributed by atoms with Gasteiger partial charge >= 0.3 is 11.4 Å². The van der Waals surface area contributed by atoms with Crippen molar-refractivity contribution in [2.45, 2.75) is 56.5 Å². The van der Waals surface area contributed by atoms with E-state index in [0.29, 0.717) is 58.1 Å². The van der Waals surface area contributed by atoms with E-state index < -0.39 is 46.3 Å². The number of aromatic nitrogens is 15. The molecule has 2 amide bonds. The quantitative estimate of drug-likeness (QED) is 0.0516. The number of nitrogens with zero attached hydrogens (tertiary/aromatic N) is 16. The second-order valence-electron chi connectivity index (χ2n) is 20.4. The average molecular weight is 1240 g/mol. The Morgan fingerprint density at radius 3 is 1.51 bits per heavy atom. The number of nitrogens with one attached hydrogen (secondary N) is 2. The minimum Gasteiger partial charge on any atom is -0.382 e. The number of hydrogen-bond donors (Lipinski definition) is 4. The van der Waals surface area contributed by atoms with Crippen LogP contribution in [0.5, 0.6) is 0 Å². The maximum Gasteiger partial charge on any atom is 0.310 e. The Hall–Kier alpha value is -12.2. The summed E-state index contributed by atoms with van der Waals surface area (Å²) in [6, 6.07) is 26.2. The monoisotopic (exact) mass is 1240 g/mol. The van der Waals surface area contributed by atoms with Crippen molar-refractivity contribution in [1.29, 1.82) is 0 Å². The molecule has 6 N–H and O–H groups in total. The van der Waals surface area contributed by atoms with Crippen molar-refractivity contribution in [3.63, 3.8) is 0 Å². The minimum atomic E-state index is -1.84. The molecule has 14 rings (SSSR count). The Kier molecular flexibility index (Phi) is 16.2. The molecule has 0 spiro atoms. The molecule has 2 aliphatic carbocycles. The summed E-state index contributed by atoms with van der Waals surface area (Å²) < 4.78 is 104. The molecule has 0 atom stereocenters. The fourth-order valence-corrected chi connectivity index (χ4v) is 9.05. The zero-order valence-corrected chi connectivity index (χ0v) is 46.9. The maximum atomic E-state index is 15.0. The van der Waals surface area contributed by atoms with Gasteiger partial charge in [0.05, 0.1) is 43.4 Å². The number of benzene rings is 3. The number of nitrogen functional groups attached to an aromatic ring is 2. The SMILES string of the molecule is Fc1ccccc1Cn1nc(-c2ncccn2)c(F)c1-c1ccon1.Nc1nc(-c2cc(-c3ccon3)n(Cc3ccccc3F)n2)ncc1NC(=O)C1(F)CC1.[C-]#[N+]C1(C(=O)Nc2cnc(-c3cc(-c4ccon4)n(Cc4cccc(F)c4F)n3)nc2N)CC1. The van der Waals surface area contributed by atoms with Crippen LogP contribution in [0.2, 0.25) is 0 Å². The molecule has 0 saturated heterocycles. The van der Waals surface area contributed by atoms with Crippen LogP contribution in [-0.4, -0.2) is 97.7 Å². The molecule has 2 aliphatic rings. The topological polar surface area (TPSA) is 323 Å². The number of halogens is 6. The van der Waals surface area contributed by atoms with Crippen LogP contribution in [0.15, 0.2) is 160 Å². The van der Waals surface area contributed by atoms with Gasteiger partial charge in [-0.05, 0) is 49.2 Å². The van der Waals surface area contributed by atoms with Crippen molar-refractivity contribution in [3.05, 3.63) is 204 Å². The van der Waals surface area contributed by atoms with Gasteiger partial charge in [0.1, 0.15) is 76.0 Å². The third-order valence-corrected chi connectivity index (χ3v) is 14.3. The number of rotatable bonds is 16. The van der Waals surface area contributed by atoms with Crippen molar-refractivity contribution in [2.75, 3.05) is 22.1 Å². The van der Waals surface area contributed by atoms with Crippen molar-refractivity contribution in [3.8, 4) is 68.7 Å². The molecule has 9 heterocycles. The van der Waals surface area contributed by atoms with Gasteiger partial charge in [-0.15, -0.1) is 0 Å². The number of carbonyl (C=O) groups excluding carboxylic acids is 2. The van der Waals surface area contributed by atoms with Gasteiger partial charge in [-0.2, -0.15) is 15.3 Å². The van der Waals surface area contributed by atoms with Crippen LogP contribution in [-0.2, 0) is 29.2 Å². The Bertz CT molecular complexity index is 4660. The van der Waals surface area contributed by atoms with E-state index in [0.717, 1.165) is 6.07 Å². The third kappa shape index (κ3) is 12.7. The molecule has 3 aromatic carbocycles. The van der Waals surface area contributed by atoms with Crippen molar-refractivity contribution in [2.24, 2.45) is 0 Å². The van der Waals surface area contributed by atoms with E-state index in [9.17, 15) is 31.5 Å². The highest BCUT2D eigenvalue weighted by atomic mass is 19.2. The van der Waals surface area contributed by atoms with E-state index in [2.05, 4.69) is 76.1 Å². The number of alkyl halides is 1. The van der Waals surface area contributed by atoms with Crippen LogP contribution in [0, 0.1) is 35.7 Å². The van der Waals surface area contributed by atoms with E-state index in [1.165, 1.54) is 83.3 Å². The Labute approximate surface area is 508 Å². The van der Waals surface area contributed by atoms with Gasteiger partial charge in [0.15, 0.2) is 57.9 Å². The molecule has 0 bridgehead atoms. The van der Waals surface area contributed by atoms with Crippen molar-refractivity contribution >= 4 is 34.8 Å². The van der Waals surface area contributed by atoms with Crippen LogP contribution < -0.4 is 22.1 Å². The molecular formula is C60H44F6N20O5. The minimum absolute atomic E-state index is 0.00663. The second-order valence-corrected chi connectivity index (χ2v) is 20.4. The predicted molar refractivity (Wildman–Crippen MR) is 310 cm³/mol. The lowest BCUT2D eigenvalue weighted by atomic mass is 10.2. The predicted octanol–water partition coefficient (Wildman–Crippen LogP) is 9.82. The van der Waals surface area contributed by atoms with Gasteiger partial charge in [0, 0.05) is 60.1 Å². The highest BCUT2D eigenvalue weighted by Crippen LogP contribution is 2.42.